The minimum atomic E-state index is -0.345. The van der Waals surface area contributed by atoms with Gasteiger partial charge in [0, 0.05) is 12.4 Å². The summed E-state index contributed by atoms with van der Waals surface area (Å²) in [5, 5.41) is 6.01. The molecular weight excluding hydrogens is 182 g/mol. The fourth-order valence-corrected chi connectivity index (χ4v) is 0.772. The van der Waals surface area contributed by atoms with Crippen molar-refractivity contribution in [2.45, 2.75) is 4.57 Å². The first-order valence-corrected chi connectivity index (χ1v) is 3.41. The van der Waals surface area contributed by atoms with Gasteiger partial charge in [0.25, 0.3) is 0 Å². The molecule has 0 aromatic heterocycles. The topological polar surface area (TPSA) is 36.4 Å². The van der Waals surface area contributed by atoms with E-state index in [2.05, 4.69) is 31.6 Å². The number of aliphatic imine (C=N–C) groups is 1. The van der Waals surface area contributed by atoms with Gasteiger partial charge in [-0.3, -0.25) is 10.3 Å². The van der Waals surface area contributed by atoms with Crippen LogP contribution in [0.5, 0.6) is 0 Å². The molecule has 0 aromatic carbocycles. The summed E-state index contributed by atoms with van der Waals surface area (Å²) in [7, 11) is 1.84. The third-order valence-corrected chi connectivity index (χ3v) is 1.90. The quantitative estimate of drug-likeness (QED) is 0.463. The zero-order chi connectivity index (χ0) is 6.74. The smallest absolute Gasteiger partial charge is 0.182 e. The SMILES string of the molecule is CNC1(Br)C=NC=CN1. The van der Waals surface area contributed by atoms with Gasteiger partial charge in [0.05, 0.1) is 6.21 Å². The molecule has 0 amide bonds. The average molecular weight is 190 g/mol. The van der Waals surface area contributed by atoms with E-state index in [9.17, 15) is 0 Å². The highest BCUT2D eigenvalue weighted by atomic mass is 79.9. The van der Waals surface area contributed by atoms with Crippen molar-refractivity contribution < 1.29 is 0 Å². The maximum atomic E-state index is 3.92. The molecule has 1 atom stereocenters. The maximum Gasteiger partial charge on any atom is 0.182 e. The second-order valence-electron chi connectivity index (χ2n) is 1.70. The molecule has 0 aliphatic carbocycles. The minimum absolute atomic E-state index is 0.345. The highest BCUT2D eigenvalue weighted by Gasteiger charge is 2.19. The van der Waals surface area contributed by atoms with E-state index in [0.29, 0.717) is 0 Å². The lowest BCUT2D eigenvalue weighted by Crippen LogP contribution is -2.50. The van der Waals surface area contributed by atoms with Gasteiger partial charge in [-0.05, 0) is 23.0 Å². The Labute approximate surface area is 62.4 Å². The zero-order valence-corrected chi connectivity index (χ0v) is 6.64. The van der Waals surface area contributed by atoms with Crippen LogP contribution in [0.2, 0.25) is 0 Å². The number of nitrogens with zero attached hydrogens (tertiary/aromatic N) is 1. The van der Waals surface area contributed by atoms with E-state index >= 15 is 0 Å². The molecule has 0 saturated carbocycles. The van der Waals surface area contributed by atoms with E-state index in [1.165, 1.54) is 0 Å². The van der Waals surface area contributed by atoms with Crippen LogP contribution in [-0.2, 0) is 0 Å². The van der Waals surface area contributed by atoms with Crippen molar-refractivity contribution in [3.63, 3.8) is 0 Å². The van der Waals surface area contributed by atoms with E-state index < -0.39 is 0 Å². The van der Waals surface area contributed by atoms with Crippen LogP contribution >= 0.6 is 15.9 Å². The summed E-state index contributed by atoms with van der Waals surface area (Å²) in [6.45, 7) is 0. The lowest BCUT2D eigenvalue weighted by Gasteiger charge is -2.23. The summed E-state index contributed by atoms with van der Waals surface area (Å²) in [5.74, 6) is 0. The van der Waals surface area contributed by atoms with E-state index in [4.69, 9.17) is 0 Å². The number of hydrogen-bond donors (Lipinski definition) is 2. The fraction of sp³-hybridized carbons (Fsp3) is 0.400. The second-order valence-corrected chi connectivity index (χ2v) is 2.95. The number of hydrogen-bond acceptors (Lipinski definition) is 3. The van der Waals surface area contributed by atoms with Gasteiger partial charge >= 0.3 is 0 Å². The van der Waals surface area contributed by atoms with Crippen molar-refractivity contribution in [1.29, 1.82) is 0 Å². The highest BCUT2D eigenvalue weighted by Crippen LogP contribution is 2.08. The molecule has 0 aromatic rings. The summed E-state index contributed by atoms with van der Waals surface area (Å²) in [6.07, 6.45) is 5.20. The summed E-state index contributed by atoms with van der Waals surface area (Å²) in [6, 6.07) is 0. The molecule has 1 rings (SSSR count). The first kappa shape index (κ1) is 6.77. The van der Waals surface area contributed by atoms with Gasteiger partial charge in [-0.1, -0.05) is 0 Å². The normalized spacial score (nSPS) is 32.2. The fourth-order valence-electron chi connectivity index (χ4n) is 0.521. The third kappa shape index (κ3) is 1.53. The number of nitrogens with one attached hydrogen (secondary N) is 2. The number of halogens is 1. The Balaban J connectivity index is 2.63. The van der Waals surface area contributed by atoms with Crippen molar-refractivity contribution in [3.8, 4) is 0 Å². The molecule has 9 heavy (non-hydrogen) atoms. The van der Waals surface area contributed by atoms with Crippen molar-refractivity contribution in [1.82, 2.24) is 10.6 Å². The summed E-state index contributed by atoms with van der Waals surface area (Å²) >= 11 is 3.37. The second kappa shape index (κ2) is 2.49. The van der Waals surface area contributed by atoms with Crippen molar-refractivity contribution in [3.05, 3.63) is 12.4 Å². The van der Waals surface area contributed by atoms with Gasteiger partial charge in [-0.2, -0.15) is 0 Å². The predicted molar refractivity (Wildman–Crippen MR) is 41.5 cm³/mol. The molecule has 4 heteroatoms. The molecule has 0 saturated heterocycles. The Bertz CT molecular complexity index is 154. The largest absolute Gasteiger partial charge is 0.359 e. The Morgan fingerprint density at radius 3 is 2.89 bits per heavy atom. The van der Waals surface area contributed by atoms with Gasteiger partial charge < -0.3 is 5.32 Å². The van der Waals surface area contributed by atoms with Crippen molar-refractivity contribution in [2.24, 2.45) is 4.99 Å². The van der Waals surface area contributed by atoms with Crippen LogP contribution in [0.1, 0.15) is 0 Å². The van der Waals surface area contributed by atoms with Gasteiger partial charge in [0.1, 0.15) is 0 Å². The Hall–Kier alpha value is -0.350. The average Bonchev–Trinajstić information content (AvgIpc) is 1.90. The van der Waals surface area contributed by atoms with Crippen LogP contribution in [0, 0.1) is 0 Å². The van der Waals surface area contributed by atoms with Crippen LogP contribution in [-0.4, -0.2) is 17.8 Å². The first-order valence-electron chi connectivity index (χ1n) is 2.62. The molecule has 1 aliphatic rings. The standard InChI is InChI=1S/C5H8BrN3/c1-7-5(6)4-8-2-3-9-5/h2-4,7,9H,1H3. The van der Waals surface area contributed by atoms with E-state index in [0.717, 1.165) is 0 Å². The van der Waals surface area contributed by atoms with Crippen LogP contribution in [0.4, 0.5) is 0 Å². The molecule has 2 N–H and O–H groups in total. The van der Waals surface area contributed by atoms with Crippen LogP contribution in [0.15, 0.2) is 17.4 Å². The molecule has 1 unspecified atom stereocenters. The number of alkyl halides is 1. The van der Waals surface area contributed by atoms with Crippen LogP contribution in [0.25, 0.3) is 0 Å². The summed E-state index contributed by atoms with van der Waals surface area (Å²) < 4.78 is -0.345. The molecular formula is C5H8BrN3. The molecule has 0 fully saturated rings. The molecule has 0 spiro atoms. The lowest BCUT2D eigenvalue weighted by atomic mass is 10.5. The Morgan fingerprint density at radius 2 is 2.56 bits per heavy atom. The minimum Gasteiger partial charge on any atom is -0.359 e. The van der Waals surface area contributed by atoms with Crippen LogP contribution < -0.4 is 10.6 Å². The monoisotopic (exact) mass is 189 g/mol. The van der Waals surface area contributed by atoms with E-state index in [1.807, 2.05) is 7.05 Å². The summed E-state index contributed by atoms with van der Waals surface area (Å²) in [5.41, 5.74) is 0. The first-order chi connectivity index (χ1) is 4.27. The lowest BCUT2D eigenvalue weighted by molar-refractivity contribution is 0.606. The molecule has 1 heterocycles. The molecule has 50 valence electrons. The van der Waals surface area contributed by atoms with E-state index in [-0.39, 0.29) is 4.57 Å². The van der Waals surface area contributed by atoms with Crippen molar-refractivity contribution in [2.75, 3.05) is 7.05 Å². The predicted octanol–water partition coefficient (Wildman–Crippen LogP) is 0.400. The van der Waals surface area contributed by atoms with Gasteiger partial charge in [-0.25, -0.2) is 0 Å². The molecule has 0 bridgehead atoms. The van der Waals surface area contributed by atoms with Gasteiger partial charge in [-0.15, -0.1) is 0 Å². The molecule has 0 radical (unpaired) electrons. The van der Waals surface area contributed by atoms with Gasteiger partial charge in [0.15, 0.2) is 4.57 Å². The Kier molecular flexibility index (Phi) is 1.87. The van der Waals surface area contributed by atoms with Crippen LogP contribution in [0.3, 0.4) is 0 Å². The van der Waals surface area contributed by atoms with Crippen molar-refractivity contribution >= 4 is 22.1 Å². The highest BCUT2D eigenvalue weighted by molar-refractivity contribution is 9.10. The summed E-state index contributed by atoms with van der Waals surface area (Å²) in [4.78, 5) is 3.92. The molecule has 1 aliphatic heterocycles. The zero-order valence-electron chi connectivity index (χ0n) is 5.06. The van der Waals surface area contributed by atoms with E-state index in [1.54, 1.807) is 18.6 Å². The Morgan fingerprint density at radius 1 is 1.78 bits per heavy atom. The third-order valence-electron chi connectivity index (χ3n) is 1.07. The maximum absolute atomic E-state index is 3.92. The number of rotatable bonds is 1. The molecule has 3 nitrogen and oxygen atoms in total. The van der Waals surface area contributed by atoms with Gasteiger partial charge in [0.2, 0.25) is 0 Å².